The van der Waals surface area contributed by atoms with Gasteiger partial charge in [0.2, 0.25) is 0 Å². The molecule has 1 aromatic heterocycles. The minimum absolute atomic E-state index is 0.275. The van der Waals surface area contributed by atoms with Crippen LogP contribution in [0.5, 0.6) is 0 Å². The van der Waals surface area contributed by atoms with Crippen LogP contribution in [0.15, 0.2) is 34.1 Å². The molecule has 0 aliphatic rings. The molecular formula is C12H9BrFIOS. The second-order valence-electron chi connectivity index (χ2n) is 3.58. The van der Waals surface area contributed by atoms with Crippen molar-refractivity contribution in [3.8, 4) is 0 Å². The topological polar surface area (TPSA) is 20.2 Å². The number of rotatable bonds is 3. The molecule has 17 heavy (non-hydrogen) atoms. The van der Waals surface area contributed by atoms with Crippen molar-refractivity contribution in [3.63, 3.8) is 0 Å². The van der Waals surface area contributed by atoms with Gasteiger partial charge in [-0.1, -0.05) is 6.07 Å². The smallest absolute Gasteiger partial charge is 0.124 e. The lowest BCUT2D eigenvalue weighted by atomic mass is 10.1. The number of hydrogen-bond donors (Lipinski definition) is 1. The summed E-state index contributed by atoms with van der Waals surface area (Å²) in [7, 11) is 0. The van der Waals surface area contributed by atoms with Gasteiger partial charge in [0.25, 0.3) is 0 Å². The minimum atomic E-state index is -0.600. The maximum Gasteiger partial charge on any atom is 0.124 e. The van der Waals surface area contributed by atoms with Crippen molar-refractivity contribution in [2.75, 3.05) is 0 Å². The first kappa shape index (κ1) is 13.5. The predicted octanol–water partition coefficient (Wildman–Crippen LogP) is 4.53. The van der Waals surface area contributed by atoms with Gasteiger partial charge in [0, 0.05) is 19.3 Å². The lowest BCUT2D eigenvalue weighted by Crippen LogP contribution is -2.03. The summed E-state index contributed by atoms with van der Waals surface area (Å²) in [5.74, 6) is -0.275. The van der Waals surface area contributed by atoms with Gasteiger partial charge in [-0.25, -0.2) is 4.39 Å². The van der Waals surface area contributed by atoms with E-state index in [2.05, 4.69) is 15.9 Å². The highest BCUT2D eigenvalue weighted by Gasteiger charge is 2.14. The molecule has 5 heteroatoms. The third-order valence-electron chi connectivity index (χ3n) is 2.39. The SMILES string of the molecule is OC(Cc1sccc1Br)c1ccc(F)cc1I. The predicted molar refractivity (Wildman–Crippen MR) is 79.8 cm³/mol. The molecule has 90 valence electrons. The van der Waals surface area contributed by atoms with E-state index in [-0.39, 0.29) is 5.82 Å². The zero-order chi connectivity index (χ0) is 12.4. The molecule has 1 aromatic carbocycles. The van der Waals surface area contributed by atoms with Crippen LogP contribution in [0.2, 0.25) is 0 Å². The number of halogens is 3. The zero-order valence-electron chi connectivity index (χ0n) is 8.66. The van der Waals surface area contributed by atoms with Crippen LogP contribution in [0.1, 0.15) is 16.5 Å². The number of thiophene rings is 1. The Labute approximate surface area is 125 Å². The molecule has 2 aromatic rings. The maximum absolute atomic E-state index is 13.0. The number of benzene rings is 1. The molecule has 1 unspecified atom stereocenters. The summed E-state index contributed by atoms with van der Waals surface area (Å²) in [6.45, 7) is 0. The molecule has 0 saturated heterocycles. The summed E-state index contributed by atoms with van der Waals surface area (Å²) in [6.07, 6.45) is -0.0580. The third kappa shape index (κ3) is 3.27. The third-order valence-corrected chi connectivity index (χ3v) is 5.27. The second-order valence-corrected chi connectivity index (χ2v) is 6.59. The maximum atomic E-state index is 13.0. The van der Waals surface area contributed by atoms with E-state index in [1.807, 2.05) is 34.0 Å². The molecule has 1 heterocycles. The van der Waals surface area contributed by atoms with Gasteiger partial charge in [0.05, 0.1) is 6.10 Å². The van der Waals surface area contributed by atoms with Gasteiger partial charge in [0.15, 0.2) is 0 Å². The molecule has 0 saturated carbocycles. The first-order valence-corrected chi connectivity index (χ1v) is 7.68. The van der Waals surface area contributed by atoms with Gasteiger partial charge < -0.3 is 5.11 Å². The van der Waals surface area contributed by atoms with Crippen molar-refractivity contribution >= 4 is 49.9 Å². The average molecular weight is 427 g/mol. The van der Waals surface area contributed by atoms with E-state index in [1.54, 1.807) is 17.4 Å². The molecular weight excluding hydrogens is 418 g/mol. The summed E-state index contributed by atoms with van der Waals surface area (Å²) < 4.78 is 14.7. The summed E-state index contributed by atoms with van der Waals surface area (Å²) in [5, 5.41) is 12.1. The fraction of sp³-hybridized carbons (Fsp3) is 0.167. The van der Waals surface area contributed by atoms with Crippen LogP contribution in [0.25, 0.3) is 0 Å². The largest absolute Gasteiger partial charge is 0.388 e. The molecule has 1 atom stereocenters. The van der Waals surface area contributed by atoms with E-state index in [0.717, 1.165) is 18.5 Å². The zero-order valence-corrected chi connectivity index (χ0v) is 13.2. The van der Waals surface area contributed by atoms with E-state index in [0.29, 0.717) is 6.42 Å². The van der Waals surface area contributed by atoms with Crippen molar-refractivity contribution in [2.24, 2.45) is 0 Å². The summed E-state index contributed by atoms with van der Waals surface area (Å²) in [4.78, 5) is 1.10. The van der Waals surface area contributed by atoms with Gasteiger partial charge in [-0.3, -0.25) is 0 Å². The Morgan fingerprint density at radius 2 is 2.18 bits per heavy atom. The average Bonchev–Trinajstić information content (AvgIpc) is 2.64. The Morgan fingerprint density at radius 3 is 2.76 bits per heavy atom. The Hall–Kier alpha value is 0.0200. The van der Waals surface area contributed by atoms with Gasteiger partial charge in [-0.2, -0.15) is 0 Å². The van der Waals surface area contributed by atoms with Crippen molar-refractivity contribution in [1.82, 2.24) is 0 Å². The Bertz CT molecular complexity index is 529. The normalized spacial score (nSPS) is 12.7. The van der Waals surface area contributed by atoms with Gasteiger partial charge in [-0.05, 0) is 67.7 Å². The lowest BCUT2D eigenvalue weighted by molar-refractivity contribution is 0.178. The standard InChI is InChI=1S/C12H9BrFIOS/c13-9-3-4-17-12(9)6-11(16)8-2-1-7(14)5-10(8)15/h1-5,11,16H,6H2. The minimum Gasteiger partial charge on any atom is -0.388 e. The van der Waals surface area contributed by atoms with Crippen LogP contribution >= 0.6 is 49.9 Å². The number of aliphatic hydroxyl groups is 1. The van der Waals surface area contributed by atoms with Crippen LogP contribution in [0, 0.1) is 9.39 Å². The van der Waals surface area contributed by atoms with Gasteiger partial charge in [0.1, 0.15) is 5.82 Å². The highest BCUT2D eigenvalue weighted by Crippen LogP contribution is 2.30. The second kappa shape index (κ2) is 5.77. The van der Waals surface area contributed by atoms with Gasteiger partial charge >= 0.3 is 0 Å². The van der Waals surface area contributed by atoms with Crippen molar-refractivity contribution < 1.29 is 9.50 Å². The molecule has 0 radical (unpaired) electrons. The van der Waals surface area contributed by atoms with Crippen LogP contribution in [0.3, 0.4) is 0 Å². The fourth-order valence-electron chi connectivity index (χ4n) is 1.53. The molecule has 0 bridgehead atoms. The molecule has 0 aliphatic carbocycles. The van der Waals surface area contributed by atoms with E-state index in [1.165, 1.54) is 12.1 Å². The van der Waals surface area contributed by atoms with E-state index >= 15 is 0 Å². The molecule has 1 nitrogen and oxygen atoms in total. The highest BCUT2D eigenvalue weighted by atomic mass is 127. The number of hydrogen-bond acceptors (Lipinski definition) is 2. The van der Waals surface area contributed by atoms with E-state index < -0.39 is 6.10 Å². The summed E-state index contributed by atoms with van der Waals surface area (Å²) >= 11 is 7.08. The van der Waals surface area contributed by atoms with Crippen molar-refractivity contribution in [2.45, 2.75) is 12.5 Å². The quantitative estimate of drug-likeness (QED) is 0.715. The van der Waals surface area contributed by atoms with Crippen LogP contribution in [0.4, 0.5) is 4.39 Å². The van der Waals surface area contributed by atoms with Gasteiger partial charge in [-0.15, -0.1) is 11.3 Å². The lowest BCUT2D eigenvalue weighted by Gasteiger charge is -2.12. The first-order chi connectivity index (χ1) is 8.08. The Kier molecular flexibility index (Phi) is 4.57. The molecule has 0 spiro atoms. The first-order valence-electron chi connectivity index (χ1n) is 4.93. The Morgan fingerprint density at radius 1 is 1.41 bits per heavy atom. The summed E-state index contributed by atoms with van der Waals surface area (Å²) in [5.41, 5.74) is 0.771. The molecule has 0 fully saturated rings. The van der Waals surface area contributed by atoms with Crippen molar-refractivity contribution in [3.05, 3.63) is 53.9 Å². The van der Waals surface area contributed by atoms with Crippen molar-refractivity contribution in [1.29, 1.82) is 0 Å². The van der Waals surface area contributed by atoms with E-state index in [9.17, 15) is 9.50 Å². The van der Waals surface area contributed by atoms with Crippen LogP contribution < -0.4 is 0 Å². The molecule has 1 N–H and O–H groups in total. The number of aliphatic hydroxyl groups excluding tert-OH is 1. The van der Waals surface area contributed by atoms with E-state index in [4.69, 9.17) is 0 Å². The molecule has 0 amide bonds. The molecule has 2 rings (SSSR count). The Balaban J connectivity index is 2.20. The fourth-order valence-corrected chi connectivity index (χ4v) is 3.92. The molecule has 0 aliphatic heterocycles. The van der Waals surface area contributed by atoms with Crippen LogP contribution in [-0.2, 0) is 6.42 Å². The summed E-state index contributed by atoms with van der Waals surface area (Å²) in [6, 6.07) is 6.42. The highest BCUT2D eigenvalue weighted by molar-refractivity contribution is 14.1. The van der Waals surface area contributed by atoms with Crippen LogP contribution in [-0.4, -0.2) is 5.11 Å². The monoisotopic (exact) mass is 426 g/mol.